The van der Waals surface area contributed by atoms with E-state index in [1.54, 1.807) is 0 Å². The van der Waals surface area contributed by atoms with Crippen molar-refractivity contribution >= 4 is 5.82 Å². The van der Waals surface area contributed by atoms with Gasteiger partial charge in [0, 0.05) is 24.8 Å². The SMILES string of the molecule is CNCc1ccc(N2CCCC2C(C)C)nc1C. The Morgan fingerprint density at radius 2 is 2.22 bits per heavy atom. The fourth-order valence-corrected chi connectivity index (χ4v) is 2.88. The van der Waals surface area contributed by atoms with Crippen LogP contribution in [0.5, 0.6) is 0 Å². The van der Waals surface area contributed by atoms with Gasteiger partial charge in [0.2, 0.25) is 0 Å². The Bertz CT molecular complexity index is 401. The largest absolute Gasteiger partial charge is 0.353 e. The van der Waals surface area contributed by atoms with Gasteiger partial charge < -0.3 is 10.2 Å². The second-order valence-electron chi connectivity index (χ2n) is 5.59. The van der Waals surface area contributed by atoms with E-state index in [1.807, 2.05) is 7.05 Å². The maximum Gasteiger partial charge on any atom is 0.129 e. The van der Waals surface area contributed by atoms with Gasteiger partial charge in [0.1, 0.15) is 5.82 Å². The Labute approximate surface area is 111 Å². The van der Waals surface area contributed by atoms with Crippen LogP contribution in [-0.2, 0) is 6.54 Å². The van der Waals surface area contributed by atoms with Crippen LogP contribution in [0.1, 0.15) is 37.9 Å². The van der Waals surface area contributed by atoms with Crippen LogP contribution < -0.4 is 10.2 Å². The number of nitrogens with zero attached hydrogens (tertiary/aromatic N) is 2. The molecule has 1 N–H and O–H groups in total. The van der Waals surface area contributed by atoms with Crippen molar-refractivity contribution < 1.29 is 0 Å². The normalized spacial score (nSPS) is 19.8. The third-order valence-corrected chi connectivity index (χ3v) is 3.91. The number of anilines is 1. The second kappa shape index (κ2) is 5.70. The summed E-state index contributed by atoms with van der Waals surface area (Å²) in [6, 6.07) is 5.05. The smallest absolute Gasteiger partial charge is 0.129 e. The van der Waals surface area contributed by atoms with E-state index < -0.39 is 0 Å². The van der Waals surface area contributed by atoms with E-state index >= 15 is 0 Å². The summed E-state index contributed by atoms with van der Waals surface area (Å²) in [7, 11) is 1.97. The third kappa shape index (κ3) is 2.66. The quantitative estimate of drug-likeness (QED) is 0.886. The van der Waals surface area contributed by atoms with Crippen molar-refractivity contribution in [3.8, 4) is 0 Å². The molecule has 1 unspecified atom stereocenters. The summed E-state index contributed by atoms with van der Waals surface area (Å²) in [5, 5.41) is 3.19. The average molecular weight is 247 g/mol. The molecule has 100 valence electrons. The molecule has 3 heteroatoms. The minimum Gasteiger partial charge on any atom is -0.353 e. The second-order valence-corrected chi connectivity index (χ2v) is 5.59. The molecule has 0 spiro atoms. The molecular formula is C15H25N3. The predicted molar refractivity (Wildman–Crippen MR) is 76.9 cm³/mol. The number of rotatable bonds is 4. The van der Waals surface area contributed by atoms with E-state index in [0.717, 1.165) is 24.6 Å². The predicted octanol–water partition coefficient (Wildman–Crippen LogP) is 2.73. The first-order valence-electron chi connectivity index (χ1n) is 7.01. The molecule has 0 amide bonds. The number of hydrogen-bond donors (Lipinski definition) is 1. The van der Waals surface area contributed by atoms with Crippen molar-refractivity contribution in [2.24, 2.45) is 5.92 Å². The van der Waals surface area contributed by atoms with E-state index in [1.165, 1.54) is 18.4 Å². The fourth-order valence-electron chi connectivity index (χ4n) is 2.88. The molecule has 1 aromatic heterocycles. The van der Waals surface area contributed by atoms with Gasteiger partial charge in [-0.05, 0) is 44.4 Å². The third-order valence-electron chi connectivity index (χ3n) is 3.91. The molecule has 1 aliphatic heterocycles. The van der Waals surface area contributed by atoms with E-state index in [4.69, 9.17) is 4.98 Å². The molecule has 2 rings (SSSR count). The van der Waals surface area contributed by atoms with Gasteiger partial charge in [0.05, 0.1) is 0 Å². The van der Waals surface area contributed by atoms with Gasteiger partial charge in [-0.1, -0.05) is 19.9 Å². The highest BCUT2D eigenvalue weighted by Crippen LogP contribution is 2.28. The molecule has 0 radical (unpaired) electrons. The highest BCUT2D eigenvalue weighted by atomic mass is 15.2. The summed E-state index contributed by atoms with van der Waals surface area (Å²) in [5.41, 5.74) is 2.44. The monoisotopic (exact) mass is 247 g/mol. The lowest BCUT2D eigenvalue weighted by atomic mass is 10.0. The van der Waals surface area contributed by atoms with Crippen LogP contribution in [0, 0.1) is 12.8 Å². The Morgan fingerprint density at radius 1 is 1.44 bits per heavy atom. The maximum absolute atomic E-state index is 4.79. The molecule has 1 atom stereocenters. The first-order valence-corrected chi connectivity index (χ1v) is 7.01. The van der Waals surface area contributed by atoms with Gasteiger partial charge in [0.25, 0.3) is 0 Å². The van der Waals surface area contributed by atoms with Gasteiger partial charge in [-0.2, -0.15) is 0 Å². The molecule has 1 saturated heterocycles. The molecule has 1 aliphatic rings. The van der Waals surface area contributed by atoms with E-state index in [2.05, 4.69) is 43.1 Å². The fraction of sp³-hybridized carbons (Fsp3) is 0.667. The van der Waals surface area contributed by atoms with Crippen LogP contribution in [0.15, 0.2) is 12.1 Å². The summed E-state index contributed by atoms with van der Waals surface area (Å²) in [4.78, 5) is 7.28. The Balaban J connectivity index is 2.20. The number of aromatic nitrogens is 1. The summed E-state index contributed by atoms with van der Waals surface area (Å²) in [6.07, 6.45) is 2.60. The Hall–Kier alpha value is -1.09. The first kappa shape index (κ1) is 13.3. The Kier molecular flexibility index (Phi) is 4.23. The lowest BCUT2D eigenvalue weighted by Crippen LogP contribution is -2.34. The Morgan fingerprint density at radius 3 is 2.83 bits per heavy atom. The van der Waals surface area contributed by atoms with Gasteiger partial charge in [0.15, 0.2) is 0 Å². The highest BCUT2D eigenvalue weighted by Gasteiger charge is 2.28. The van der Waals surface area contributed by atoms with Gasteiger partial charge in [-0.25, -0.2) is 4.98 Å². The zero-order chi connectivity index (χ0) is 13.1. The zero-order valence-electron chi connectivity index (χ0n) is 12.0. The number of nitrogens with one attached hydrogen (secondary N) is 1. The van der Waals surface area contributed by atoms with Crippen molar-refractivity contribution in [2.75, 3.05) is 18.5 Å². The first-order chi connectivity index (χ1) is 8.63. The van der Waals surface area contributed by atoms with Gasteiger partial charge >= 0.3 is 0 Å². The molecule has 0 aromatic carbocycles. The molecule has 0 bridgehead atoms. The van der Waals surface area contributed by atoms with Crippen molar-refractivity contribution in [2.45, 2.75) is 46.2 Å². The van der Waals surface area contributed by atoms with Crippen molar-refractivity contribution in [3.63, 3.8) is 0 Å². The summed E-state index contributed by atoms with van der Waals surface area (Å²) in [6.45, 7) is 8.78. The average Bonchev–Trinajstić information content (AvgIpc) is 2.81. The van der Waals surface area contributed by atoms with Crippen LogP contribution in [0.3, 0.4) is 0 Å². The molecular weight excluding hydrogens is 222 g/mol. The molecule has 0 aliphatic carbocycles. The van der Waals surface area contributed by atoms with Crippen molar-refractivity contribution in [1.82, 2.24) is 10.3 Å². The van der Waals surface area contributed by atoms with Crippen LogP contribution >= 0.6 is 0 Å². The van der Waals surface area contributed by atoms with Crippen molar-refractivity contribution in [3.05, 3.63) is 23.4 Å². The lowest BCUT2D eigenvalue weighted by Gasteiger charge is -2.29. The van der Waals surface area contributed by atoms with E-state index in [9.17, 15) is 0 Å². The molecule has 1 fully saturated rings. The minimum absolute atomic E-state index is 0.659. The van der Waals surface area contributed by atoms with E-state index in [-0.39, 0.29) is 0 Å². The highest BCUT2D eigenvalue weighted by molar-refractivity contribution is 5.44. The molecule has 18 heavy (non-hydrogen) atoms. The standard InChI is InChI=1S/C15H25N3/c1-11(2)14-6-5-9-18(14)15-8-7-13(10-16-4)12(3)17-15/h7-8,11,14,16H,5-6,9-10H2,1-4H3. The van der Waals surface area contributed by atoms with Crippen LogP contribution in [0.25, 0.3) is 0 Å². The summed E-state index contributed by atoms with van der Waals surface area (Å²) < 4.78 is 0. The van der Waals surface area contributed by atoms with Gasteiger partial charge in [-0.15, -0.1) is 0 Å². The van der Waals surface area contributed by atoms with Crippen LogP contribution in [-0.4, -0.2) is 24.6 Å². The van der Waals surface area contributed by atoms with Gasteiger partial charge in [-0.3, -0.25) is 0 Å². The minimum atomic E-state index is 0.659. The number of hydrogen-bond acceptors (Lipinski definition) is 3. The summed E-state index contributed by atoms with van der Waals surface area (Å²) in [5.74, 6) is 1.86. The van der Waals surface area contributed by atoms with E-state index in [0.29, 0.717) is 12.0 Å². The molecule has 1 aromatic rings. The van der Waals surface area contributed by atoms with Crippen LogP contribution in [0.2, 0.25) is 0 Å². The van der Waals surface area contributed by atoms with Crippen molar-refractivity contribution in [1.29, 1.82) is 0 Å². The maximum atomic E-state index is 4.79. The summed E-state index contributed by atoms with van der Waals surface area (Å²) >= 11 is 0. The molecule has 2 heterocycles. The molecule has 3 nitrogen and oxygen atoms in total. The number of aryl methyl sites for hydroxylation is 1. The topological polar surface area (TPSA) is 28.2 Å². The zero-order valence-corrected chi connectivity index (χ0v) is 12.0. The molecule has 0 saturated carbocycles. The lowest BCUT2D eigenvalue weighted by molar-refractivity contribution is 0.489. The number of pyridine rings is 1. The van der Waals surface area contributed by atoms with Crippen LogP contribution in [0.4, 0.5) is 5.82 Å².